The summed E-state index contributed by atoms with van der Waals surface area (Å²) >= 11 is 0. The van der Waals surface area contributed by atoms with Gasteiger partial charge in [-0.3, -0.25) is 9.59 Å². The molecule has 172 valence electrons. The highest BCUT2D eigenvalue weighted by molar-refractivity contribution is 6.06. The number of hydrogen-bond donors (Lipinski definition) is 1. The second-order valence-electron chi connectivity index (χ2n) is 7.94. The van der Waals surface area contributed by atoms with E-state index in [9.17, 15) is 9.59 Å². The second-order valence-corrected chi connectivity index (χ2v) is 7.94. The Morgan fingerprint density at radius 2 is 1.60 bits per heavy atom. The molecule has 4 aromatic carbocycles. The monoisotopic (exact) mass is 462 g/mol. The molecule has 7 heteroatoms. The van der Waals surface area contributed by atoms with Crippen LogP contribution in [0.2, 0.25) is 0 Å². The Hall–Kier alpha value is -4.78. The Morgan fingerprint density at radius 1 is 0.914 bits per heavy atom. The second kappa shape index (κ2) is 9.61. The summed E-state index contributed by atoms with van der Waals surface area (Å²) in [6, 6.07) is 28.1. The third kappa shape index (κ3) is 4.39. The van der Waals surface area contributed by atoms with Crippen LogP contribution in [0.15, 0.2) is 101 Å². The first-order valence-electron chi connectivity index (χ1n) is 11.1. The van der Waals surface area contributed by atoms with E-state index in [-0.39, 0.29) is 17.8 Å². The van der Waals surface area contributed by atoms with Gasteiger partial charge < -0.3 is 4.74 Å². The average Bonchev–Trinajstić information content (AvgIpc) is 2.91. The molecule has 0 aliphatic carbocycles. The Morgan fingerprint density at radius 3 is 2.37 bits per heavy atom. The summed E-state index contributed by atoms with van der Waals surface area (Å²) in [4.78, 5) is 26.2. The van der Waals surface area contributed by atoms with E-state index in [1.54, 1.807) is 37.6 Å². The molecule has 0 bridgehead atoms. The SMILES string of the molecule is COc1ccc2ccccc2c1/C=N\NC(=O)c1nn(Cc2ccccc2)c(=O)c2ccccc12. The number of rotatable bonds is 6. The van der Waals surface area contributed by atoms with Crippen molar-refractivity contribution in [1.29, 1.82) is 0 Å². The van der Waals surface area contributed by atoms with Gasteiger partial charge in [0.2, 0.25) is 0 Å². The number of fused-ring (bicyclic) bond motifs is 2. The summed E-state index contributed by atoms with van der Waals surface area (Å²) in [5, 5.41) is 11.5. The van der Waals surface area contributed by atoms with Crippen molar-refractivity contribution in [3.63, 3.8) is 0 Å². The van der Waals surface area contributed by atoms with Gasteiger partial charge in [-0.2, -0.15) is 10.2 Å². The fourth-order valence-electron chi connectivity index (χ4n) is 4.06. The largest absolute Gasteiger partial charge is 0.496 e. The number of nitrogens with one attached hydrogen (secondary N) is 1. The Balaban J connectivity index is 1.50. The molecular formula is C28H22N4O3. The molecule has 0 radical (unpaired) electrons. The van der Waals surface area contributed by atoms with Crippen LogP contribution in [0.1, 0.15) is 21.6 Å². The molecule has 0 fully saturated rings. The molecule has 0 aliphatic rings. The van der Waals surface area contributed by atoms with Gasteiger partial charge in [0.15, 0.2) is 5.69 Å². The zero-order valence-corrected chi connectivity index (χ0v) is 19.0. The Bertz CT molecular complexity index is 1620. The first-order chi connectivity index (χ1) is 17.2. The van der Waals surface area contributed by atoms with Crippen LogP contribution in [0, 0.1) is 0 Å². The van der Waals surface area contributed by atoms with E-state index in [4.69, 9.17) is 4.74 Å². The molecule has 5 aromatic rings. The van der Waals surface area contributed by atoms with Crippen LogP contribution in [0.25, 0.3) is 21.5 Å². The lowest BCUT2D eigenvalue weighted by atomic mass is 10.0. The van der Waals surface area contributed by atoms with Crippen LogP contribution in [-0.2, 0) is 6.54 Å². The number of benzene rings is 4. The lowest BCUT2D eigenvalue weighted by Crippen LogP contribution is -2.29. The quantitative estimate of drug-likeness (QED) is 0.300. The van der Waals surface area contributed by atoms with Crippen LogP contribution in [0.3, 0.4) is 0 Å². The number of hydrogen-bond acceptors (Lipinski definition) is 5. The van der Waals surface area contributed by atoms with Crippen molar-refractivity contribution in [2.24, 2.45) is 5.10 Å². The Labute approximate surface area is 201 Å². The summed E-state index contributed by atoms with van der Waals surface area (Å²) in [7, 11) is 1.59. The van der Waals surface area contributed by atoms with Crippen molar-refractivity contribution in [1.82, 2.24) is 15.2 Å². The summed E-state index contributed by atoms with van der Waals surface area (Å²) in [5.74, 6) is 0.125. The lowest BCUT2D eigenvalue weighted by molar-refractivity contribution is 0.0949. The maximum atomic E-state index is 13.1. The fraction of sp³-hybridized carbons (Fsp3) is 0.0714. The van der Waals surface area contributed by atoms with E-state index < -0.39 is 5.91 Å². The molecule has 1 aromatic heterocycles. The molecule has 0 atom stereocenters. The van der Waals surface area contributed by atoms with Crippen molar-refractivity contribution >= 4 is 33.7 Å². The first-order valence-corrected chi connectivity index (χ1v) is 11.1. The van der Waals surface area contributed by atoms with E-state index in [0.717, 1.165) is 21.9 Å². The van der Waals surface area contributed by atoms with Crippen molar-refractivity contribution in [3.05, 3.63) is 118 Å². The molecule has 1 N–H and O–H groups in total. The van der Waals surface area contributed by atoms with E-state index in [1.165, 1.54) is 4.68 Å². The minimum atomic E-state index is -0.515. The smallest absolute Gasteiger partial charge is 0.292 e. The average molecular weight is 463 g/mol. The van der Waals surface area contributed by atoms with Gasteiger partial charge >= 0.3 is 0 Å². The maximum absolute atomic E-state index is 13.1. The third-order valence-electron chi connectivity index (χ3n) is 5.77. The fourth-order valence-corrected chi connectivity index (χ4v) is 4.06. The predicted molar refractivity (Wildman–Crippen MR) is 137 cm³/mol. The molecule has 0 aliphatic heterocycles. The van der Waals surface area contributed by atoms with E-state index in [0.29, 0.717) is 16.5 Å². The number of aromatic nitrogens is 2. The van der Waals surface area contributed by atoms with Crippen molar-refractivity contribution in [3.8, 4) is 5.75 Å². The standard InChI is InChI=1S/C28H22N4O3/c1-35-25-16-15-20-11-5-6-12-21(20)24(25)17-29-30-27(33)26-22-13-7-8-14-23(22)28(34)32(31-26)18-19-9-3-2-4-10-19/h2-17H,18H2,1H3,(H,30,33)/b29-17-. The summed E-state index contributed by atoms with van der Waals surface area (Å²) in [6.07, 6.45) is 1.56. The maximum Gasteiger partial charge on any atom is 0.292 e. The predicted octanol–water partition coefficient (Wildman–Crippen LogP) is 4.37. The highest BCUT2D eigenvalue weighted by atomic mass is 16.5. The van der Waals surface area contributed by atoms with Gasteiger partial charge in [-0.1, -0.05) is 78.9 Å². The lowest BCUT2D eigenvalue weighted by Gasteiger charge is -2.11. The molecule has 1 amide bonds. The van der Waals surface area contributed by atoms with Gasteiger partial charge in [-0.05, 0) is 28.5 Å². The van der Waals surface area contributed by atoms with Crippen LogP contribution >= 0.6 is 0 Å². The van der Waals surface area contributed by atoms with Gasteiger partial charge in [-0.15, -0.1) is 0 Å². The Kier molecular flexibility index (Phi) is 6.05. The molecule has 0 saturated carbocycles. The van der Waals surface area contributed by atoms with E-state index in [1.807, 2.05) is 66.7 Å². The van der Waals surface area contributed by atoms with Gasteiger partial charge in [-0.25, -0.2) is 10.1 Å². The number of ether oxygens (including phenoxy) is 1. The van der Waals surface area contributed by atoms with Gasteiger partial charge in [0.05, 0.1) is 25.3 Å². The van der Waals surface area contributed by atoms with Crippen LogP contribution < -0.4 is 15.7 Å². The summed E-state index contributed by atoms with van der Waals surface area (Å²) in [6.45, 7) is 0.251. The number of nitrogens with zero attached hydrogens (tertiary/aromatic N) is 3. The number of carbonyl (C=O) groups is 1. The summed E-state index contributed by atoms with van der Waals surface area (Å²) < 4.78 is 6.79. The van der Waals surface area contributed by atoms with Crippen LogP contribution in [0.5, 0.6) is 5.75 Å². The molecule has 5 rings (SSSR count). The number of carbonyl (C=O) groups excluding carboxylic acids is 1. The van der Waals surface area contributed by atoms with Crippen molar-refractivity contribution in [2.45, 2.75) is 6.54 Å². The van der Waals surface area contributed by atoms with Gasteiger partial charge in [0.25, 0.3) is 11.5 Å². The third-order valence-corrected chi connectivity index (χ3v) is 5.77. The summed E-state index contributed by atoms with van der Waals surface area (Å²) in [5.41, 5.74) is 4.08. The zero-order chi connectivity index (χ0) is 24.2. The highest BCUT2D eigenvalue weighted by Crippen LogP contribution is 2.26. The zero-order valence-electron chi connectivity index (χ0n) is 19.0. The van der Waals surface area contributed by atoms with Gasteiger partial charge in [0.1, 0.15) is 5.75 Å². The normalized spacial score (nSPS) is 11.2. The number of hydrazone groups is 1. The number of amides is 1. The van der Waals surface area contributed by atoms with Crippen LogP contribution in [-0.4, -0.2) is 29.0 Å². The first kappa shape index (κ1) is 22.0. The minimum Gasteiger partial charge on any atom is -0.496 e. The molecule has 1 heterocycles. The van der Waals surface area contributed by atoms with E-state index in [2.05, 4.69) is 15.6 Å². The van der Waals surface area contributed by atoms with E-state index >= 15 is 0 Å². The molecule has 0 unspecified atom stereocenters. The van der Waals surface area contributed by atoms with Crippen LogP contribution in [0.4, 0.5) is 0 Å². The van der Waals surface area contributed by atoms with Crippen molar-refractivity contribution in [2.75, 3.05) is 7.11 Å². The molecule has 7 nitrogen and oxygen atoms in total. The molecule has 35 heavy (non-hydrogen) atoms. The highest BCUT2D eigenvalue weighted by Gasteiger charge is 2.17. The topological polar surface area (TPSA) is 85.6 Å². The minimum absolute atomic E-state index is 0.123. The van der Waals surface area contributed by atoms with Gasteiger partial charge in [0, 0.05) is 10.9 Å². The molecular weight excluding hydrogens is 440 g/mol. The molecule has 0 saturated heterocycles. The molecule has 0 spiro atoms. The van der Waals surface area contributed by atoms with Crippen molar-refractivity contribution < 1.29 is 9.53 Å². The number of methoxy groups -OCH3 is 1.